The Morgan fingerprint density at radius 3 is 2.56 bits per heavy atom. The number of phenolic OH excluding ortho intramolecular Hbond substituents is 1. The summed E-state index contributed by atoms with van der Waals surface area (Å²) in [5, 5.41) is 13.8. The van der Waals surface area contributed by atoms with Gasteiger partial charge in [-0.15, -0.1) is 0 Å². The Morgan fingerprint density at radius 2 is 1.94 bits per heavy atom. The van der Waals surface area contributed by atoms with Crippen LogP contribution in [0.15, 0.2) is 41.6 Å². The first-order valence-corrected chi connectivity index (χ1v) is 5.67. The molecule has 0 atom stereocenters. The molecule has 92 valence electrons. The molecule has 1 aromatic carbocycles. The minimum Gasteiger partial charge on any atom is -0.507 e. The van der Waals surface area contributed by atoms with Gasteiger partial charge >= 0.3 is 0 Å². The maximum atomic E-state index is 9.66. The topological polar surface area (TPSA) is 57.5 Å². The zero-order valence-electron chi connectivity index (χ0n) is 10.4. The molecule has 0 amide bonds. The van der Waals surface area contributed by atoms with Crippen LogP contribution >= 0.6 is 0 Å². The first kappa shape index (κ1) is 12.1. The van der Waals surface area contributed by atoms with Crippen molar-refractivity contribution in [3.05, 3.63) is 53.2 Å². The number of phenols is 1. The van der Waals surface area contributed by atoms with Crippen LogP contribution in [0.5, 0.6) is 5.75 Å². The lowest BCUT2D eigenvalue weighted by molar-refractivity contribution is 0.467. The second-order valence-electron chi connectivity index (χ2n) is 4.09. The second kappa shape index (κ2) is 5.31. The second-order valence-corrected chi connectivity index (χ2v) is 4.09. The third-order valence-corrected chi connectivity index (χ3v) is 2.57. The van der Waals surface area contributed by atoms with Gasteiger partial charge in [-0.05, 0) is 54.8 Å². The summed E-state index contributed by atoms with van der Waals surface area (Å²) in [5.74, 6) is 1.03. The van der Waals surface area contributed by atoms with E-state index in [1.807, 2.05) is 44.2 Å². The molecule has 2 aromatic rings. The third-order valence-electron chi connectivity index (χ3n) is 2.57. The van der Waals surface area contributed by atoms with E-state index >= 15 is 0 Å². The lowest BCUT2D eigenvalue weighted by Gasteiger charge is -2.04. The van der Waals surface area contributed by atoms with Crippen molar-refractivity contribution in [3.8, 4) is 5.75 Å². The highest BCUT2D eigenvalue weighted by molar-refractivity contribution is 5.81. The Bertz CT molecular complexity index is 542. The normalized spacial score (nSPS) is 10.8. The zero-order valence-corrected chi connectivity index (χ0v) is 10.4. The van der Waals surface area contributed by atoms with E-state index < -0.39 is 0 Å². The SMILES string of the molecule is Cc1cc(/C=N/Nc2ccccn2)cc(C)c1O. The van der Waals surface area contributed by atoms with Gasteiger partial charge in [0.2, 0.25) is 0 Å². The predicted octanol–water partition coefficient (Wildman–Crippen LogP) is 2.85. The van der Waals surface area contributed by atoms with Crippen LogP contribution in [0, 0.1) is 13.8 Å². The monoisotopic (exact) mass is 241 g/mol. The maximum absolute atomic E-state index is 9.66. The molecule has 4 heteroatoms. The van der Waals surface area contributed by atoms with Crippen molar-refractivity contribution in [2.24, 2.45) is 5.10 Å². The molecule has 0 aliphatic carbocycles. The van der Waals surface area contributed by atoms with Gasteiger partial charge in [-0.3, -0.25) is 5.43 Å². The molecule has 0 aliphatic heterocycles. The largest absolute Gasteiger partial charge is 0.507 e. The summed E-state index contributed by atoms with van der Waals surface area (Å²) >= 11 is 0. The molecular weight excluding hydrogens is 226 g/mol. The van der Waals surface area contributed by atoms with Crippen molar-refractivity contribution in [2.45, 2.75) is 13.8 Å². The Kier molecular flexibility index (Phi) is 3.57. The number of hydrazone groups is 1. The molecule has 1 heterocycles. The van der Waals surface area contributed by atoms with Crippen LogP contribution in [0.1, 0.15) is 16.7 Å². The van der Waals surface area contributed by atoms with E-state index in [0.29, 0.717) is 11.6 Å². The van der Waals surface area contributed by atoms with Crippen molar-refractivity contribution < 1.29 is 5.11 Å². The van der Waals surface area contributed by atoms with E-state index in [0.717, 1.165) is 16.7 Å². The van der Waals surface area contributed by atoms with Gasteiger partial charge < -0.3 is 5.11 Å². The number of nitrogens with one attached hydrogen (secondary N) is 1. The van der Waals surface area contributed by atoms with Gasteiger partial charge in [0.15, 0.2) is 0 Å². The summed E-state index contributed by atoms with van der Waals surface area (Å²) in [7, 11) is 0. The fourth-order valence-corrected chi connectivity index (χ4v) is 1.67. The van der Waals surface area contributed by atoms with Crippen molar-refractivity contribution in [1.29, 1.82) is 0 Å². The molecule has 0 unspecified atom stereocenters. The Hall–Kier alpha value is -2.36. The number of nitrogens with zero attached hydrogens (tertiary/aromatic N) is 2. The first-order chi connectivity index (χ1) is 8.66. The Labute approximate surface area is 106 Å². The summed E-state index contributed by atoms with van der Waals surface area (Å²) in [5.41, 5.74) is 5.46. The number of hydrogen-bond donors (Lipinski definition) is 2. The number of aryl methyl sites for hydroxylation is 2. The summed E-state index contributed by atoms with van der Waals surface area (Å²) in [6, 6.07) is 9.34. The average Bonchev–Trinajstić information content (AvgIpc) is 2.37. The molecule has 0 aliphatic rings. The summed E-state index contributed by atoms with van der Waals surface area (Å²) < 4.78 is 0. The van der Waals surface area contributed by atoms with Crippen LogP contribution in [-0.2, 0) is 0 Å². The molecule has 0 bridgehead atoms. The van der Waals surface area contributed by atoms with Gasteiger partial charge in [-0.25, -0.2) is 4.98 Å². The van der Waals surface area contributed by atoms with Gasteiger partial charge in [0.25, 0.3) is 0 Å². The van der Waals surface area contributed by atoms with Crippen LogP contribution < -0.4 is 5.43 Å². The molecular formula is C14H15N3O. The average molecular weight is 241 g/mol. The molecule has 2 N–H and O–H groups in total. The fourth-order valence-electron chi connectivity index (χ4n) is 1.67. The highest BCUT2D eigenvalue weighted by Crippen LogP contribution is 2.21. The van der Waals surface area contributed by atoms with Crippen LogP contribution in [0.4, 0.5) is 5.82 Å². The summed E-state index contributed by atoms with van der Waals surface area (Å²) in [4.78, 5) is 4.09. The van der Waals surface area contributed by atoms with E-state index in [-0.39, 0.29) is 0 Å². The number of rotatable bonds is 3. The van der Waals surface area contributed by atoms with Gasteiger partial charge in [0.05, 0.1) is 6.21 Å². The Balaban J connectivity index is 2.10. The number of benzene rings is 1. The van der Waals surface area contributed by atoms with Crippen LogP contribution in [0.3, 0.4) is 0 Å². The van der Waals surface area contributed by atoms with E-state index in [2.05, 4.69) is 15.5 Å². The standard InChI is InChI=1S/C14H15N3O/c1-10-7-12(8-11(2)14(10)18)9-16-17-13-5-3-4-6-15-13/h3-9,18H,1-2H3,(H,15,17)/b16-9+. The van der Waals surface area contributed by atoms with Crippen molar-refractivity contribution in [1.82, 2.24) is 4.98 Å². The van der Waals surface area contributed by atoms with Crippen LogP contribution in [0.25, 0.3) is 0 Å². The molecule has 2 rings (SSSR count). The number of anilines is 1. The van der Waals surface area contributed by atoms with E-state index in [4.69, 9.17) is 0 Å². The molecule has 0 saturated heterocycles. The minimum atomic E-state index is 0.338. The van der Waals surface area contributed by atoms with Crippen LogP contribution in [0.2, 0.25) is 0 Å². The van der Waals surface area contributed by atoms with E-state index in [1.54, 1.807) is 12.4 Å². The lowest BCUT2D eigenvalue weighted by atomic mass is 10.1. The minimum absolute atomic E-state index is 0.338. The van der Waals surface area contributed by atoms with Crippen molar-refractivity contribution in [2.75, 3.05) is 5.43 Å². The third kappa shape index (κ3) is 2.85. The van der Waals surface area contributed by atoms with Gasteiger partial charge in [-0.1, -0.05) is 6.07 Å². The molecule has 4 nitrogen and oxygen atoms in total. The summed E-state index contributed by atoms with van der Waals surface area (Å²) in [6.45, 7) is 3.73. The highest BCUT2D eigenvalue weighted by atomic mass is 16.3. The van der Waals surface area contributed by atoms with E-state index in [1.165, 1.54) is 0 Å². The first-order valence-electron chi connectivity index (χ1n) is 5.67. The maximum Gasteiger partial charge on any atom is 0.146 e. The lowest BCUT2D eigenvalue weighted by Crippen LogP contribution is -1.93. The molecule has 0 saturated carbocycles. The fraction of sp³-hybridized carbons (Fsp3) is 0.143. The molecule has 1 aromatic heterocycles. The zero-order chi connectivity index (χ0) is 13.0. The molecule has 0 radical (unpaired) electrons. The number of hydrogen-bond acceptors (Lipinski definition) is 4. The van der Waals surface area contributed by atoms with E-state index in [9.17, 15) is 5.11 Å². The van der Waals surface area contributed by atoms with Gasteiger partial charge in [-0.2, -0.15) is 5.10 Å². The number of aromatic hydroxyl groups is 1. The molecule has 18 heavy (non-hydrogen) atoms. The van der Waals surface area contributed by atoms with Gasteiger partial charge in [0.1, 0.15) is 11.6 Å². The van der Waals surface area contributed by atoms with Gasteiger partial charge in [0, 0.05) is 6.20 Å². The highest BCUT2D eigenvalue weighted by Gasteiger charge is 2.01. The van der Waals surface area contributed by atoms with Crippen molar-refractivity contribution in [3.63, 3.8) is 0 Å². The quantitative estimate of drug-likeness (QED) is 0.641. The smallest absolute Gasteiger partial charge is 0.146 e. The molecule has 0 fully saturated rings. The summed E-state index contributed by atoms with van der Waals surface area (Å²) in [6.07, 6.45) is 3.40. The van der Waals surface area contributed by atoms with Crippen molar-refractivity contribution >= 4 is 12.0 Å². The number of pyridine rings is 1. The number of aromatic nitrogens is 1. The van der Waals surface area contributed by atoms with Crippen LogP contribution in [-0.4, -0.2) is 16.3 Å². The Morgan fingerprint density at radius 1 is 1.22 bits per heavy atom. The molecule has 0 spiro atoms. The predicted molar refractivity (Wildman–Crippen MR) is 73.0 cm³/mol.